The number of amides is 1. The third-order valence-electron chi connectivity index (χ3n) is 4.65. The van der Waals surface area contributed by atoms with Crippen molar-refractivity contribution in [3.63, 3.8) is 0 Å². The van der Waals surface area contributed by atoms with Gasteiger partial charge in [-0.1, -0.05) is 6.07 Å². The van der Waals surface area contributed by atoms with Crippen LogP contribution in [0.1, 0.15) is 24.2 Å². The van der Waals surface area contributed by atoms with E-state index in [1.165, 1.54) is 18.5 Å². The van der Waals surface area contributed by atoms with E-state index in [2.05, 4.69) is 32.3 Å². The summed E-state index contributed by atoms with van der Waals surface area (Å²) in [7, 11) is 0. The molecule has 1 fully saturated rings. The van der Waals surface area contributed by atoms with Crippen molar-refractivity contribution in [1.82, 2.24) is 9.97 Å². The number of rotatable bonds is 4. The first-order valence-corrected chi connectivity index (χ1v) is 8.77. The normalized spacial score (nSPS) is 14.2. The predicted molar refractivity (Wildman–Crippen MR) is 101 cm³/mol. The number of hydrogen-bond acceptors (Lipinski definition) is 3. The zero-order valence-corrected chi connectivity index (χ0v) is 14.4. The number of imidazole rings is 1. The standard InChI is InChI=1S/C20H22N4O/c1-14-21-18-9-4-15(12-19(18)22-14)13-20(25)23-16-5-7-17(8-6-16)24-10-2-3-11-24/h4-9,12H,2-3,10-11,13H2,1H3,(H,21,22)(H,23,25). The summed E-state index contributed by atoms with van der Waals surface area (Å²) in [5, 5.41) is 2.98. The number of carbonyl (C=O) groups is 1. The Morgan fingerprint density at radius 1 is 1.16 bits per heavy atom. The molecular weight excluding hydrogens is 312 g/mol. The highest BCUT2D eigenvalue weighted by molar-refractivity contribution is 5.93. The molecule has 1 aromatic heterocycles. The Morgan fingerprint density at radius 2 is 1.92 bits per heavy atom. The number of aromatic nitrogens is 2. The maximum Gasteiger partial charge on any atom is 0.228 e. The number of aromatic amines is 1. The van der Waals surface area contributed by atoms with Gasteiger partial charge in [0.2, 0.25) is 5.91 Å². The lowest BCUT2D eigenvalue weighted by molar-refractivity contribution is -0.115. The first-order chi connectivity index (χ1) is 12.2. The number of benzene rings is 2. The predicted octanol–water partition coefficient (Wildman–Crippen LogP) is 3.65. The molecule has 5 heteroatoms. The maximum absolute atomic E-state index is 12.3. The summed E-state index contributed by atoms with van der Waals surface area (Å²) in [4.78, 5) is 22.3. The molecule has 0 saturated carbocycles. The molecule has 0 unspecified atom stereocenters. The average molecular weight is 334 g/mol. The second-order valence-electron chi connectivity index (χ2n) is 6.64. The highest BCUT2D eigenvalue weighted by Gasteiger charge is 2.12. The van der Waals surface area contributed by atoms with E-state index in [9.17, 15) is 4.79 Å². The lowest BCUT2D eigenvalue weighted by Crippen LogP contribution is -2.18. The minimum Gasteiger partial charge on any atom is -0.372 e. The van der Waals surface area contributed by atoms with E-state index in [0.717, 1.165) is 41.2 Å². The van der Waals surface area contributed by atoms with Crippen LogP contribution in [0, 0.1) is 6.92 Å². The van der Waals surface area contributed by atoms with Gasteiger partial charge in [-0.25, -0.2) is 4.98 Å². The van der Waals surface area contributed by atoms with Gasteiger partial charge in [0.05, 0.1) is 17.5 Å². The van der Waals surface area contributed by atoms with Crippen LogP contribution in [0.2, 0.25) is 0 Å². The molecule has 1 aliphatic rings. The molecule has 0 spiro atoms. The van der Waals surface area contributed by atoms with Gasteiger partial charge in [0.15, 0.2) is 0 Å². The first-order valence-electron chi connectivity index (χ1n) is 8.77. The van der Waals surface area contributed by atoms with Crippen LogP contribution in [0.3, 0.4) is 0 Å². The monoisotopic (exact) mass is 334 g/mol. The topological polar surface area (TPSA) is 61.0 Å². The van der Waals surface area contributed by atoms with Crippen molar-refractivity contribution >= 4 is 28.3 Å². The van der Waals surface area contributed by atoms with E-state index in [-0.39, 0.29) is 5.91 Å². The number of aryl methyl sites for hydroxylation is 1. The number of nitrogens with one attached hydrogen (secondary N) is 2. The van der Waals surface area contributed by atoms with Crippen molar-refractivity contribution in [1.29, 1.82) is 0 Å². The molecule has 0 radical (unpaired) electrons. The van der Waals surface area contributed by atoms with Gasteiger partial charge >= 0.3 is 0 Å². The van der Waals surface area contributed by atoms with Gasteiger partial charge < -0.3 is 15.2 Å². The fourth-order valence-corrected chi connectivity index (χ4v) is 3.42. The van der Waals surface area contributed by atoms with E-state index in [1.54, 1.807) is 0 Å². The second-order valence-corrected chi connectivity index (χ2v) is 6.64. The lowest BCUT2D eigenvalue weighted by atomic mass is 10.1. The third kappa shape index (κ3) is 3.50. The largest absolute Gasteiger partial charge is 0.372 e. The molecule has 4 rings (SSSR count). The van der Waals surface area contributed by atoms with Gasteiger partial charge in [-0.15, -0.1) is 0 Å². The minimum absolute atomic E-state index is 0.00971. The van der Waals surface area contributed by atoms with Gasteiger partial charge in [-0.2, -0.15) is 0 Å². The smallest absolute Gasteiger partial charge is 0.228 e. The van der Waals surface area contributed by atoms with Crippen LogP contribution in [0.4, 0.5) is 11.4 Å². The second kappa shape index (κ2) is 6.59. The molecule has 3 aromatic rings. The molecule has 1 saturated heterocycles. The van der Waals surface area contributed by atoms with E-state index < -0.39 is 0 Å². The van der Waals surface area contributed by atoms with Crippen LogP contribution < -0.4 is 10.2 Å². The Balaban J connectivity index is 1.40. The number of anilines is 2. The van der Waals surface area contributed by atoms with Crippen LogP contribution in [-0.2, 0) is 11.2 Å². The van der Waals surface area contributed by atoms with Crippen molar-refractivity contribution in [3.8, 4) is 0 Å². The van der Waals surface area contributed by atoms with Crippen LogP contribution in [0.15, 0.2) is 42.5 Å². The Bertz CT molecular complexity index is 892. The van der Waals surface area contributed by atoms with Gasteiger partial charge in [-0.3, -0.25) is 4.79 Å². The summed E-state index contributed by atoms with van der Waals surface area (Å²) in [6, 6.07) is 14.0. The minimum atomic E-state index is -0.00971. The molecule has 5 nitrogen and oxygen atoms in total. The Hall–Kier alpha value is -2.82. The van der Waals surface area contributed by atoms with Crippen molar-refractivity contribution < 1.29 is 4.79 Å². The van der Waals surface area contributed by atoms with E-state index >= 15 is 0 Å². The summed E-state index contributed by atoms with van der Waals surface area (Å²) in [6.45, 7) is 4.18. The molecule has 2 aromatic carbocycles. The Kier molecular flexibility index (Phi) is 4.14. The van der Waals surface area contributed by atoms with Crippen LogP contribution in [0.25, 0.3) is 11.0 Å². The zero-order valence-electron chi connectivity index (χ0n) is 14.4. The van der Waals surface area contributed by atoms with Crippen LogP contribution in [0.5, 0.6) is 0 Å². The van der Waals surface area contributed by atoms with Gasteiger partial charge in [0, 0.05) is 24.5 Å². The molecule has 1 amide bonds. The number of fused-ring (bicyclic) bond motifs is 1. The lowest BCUT2D eigenvalue weighted by Gasteiger charge is -2.17. The summed E-state index contributed by atoms with van der Waals surface area (Å²) in [6.07, 6.45) is 2.87. The maximum atomic E-state index is 12.3. The third-order valence-corrected chi connectivity index (χ3v) is 4.65. The summed E-state index contributed by atoms with van der Waals surface area (Å²) >= 11 is 0. The molecule has 0 bridgehead atoms. The zero-order chi connectivity index (χ0) is 17.2. The number of nitrogens with zero attached hydrogens (tertiary/aromatic N) is 2. The molecular formula is C20H22N4O. The fraction of sp³-hybridized carbons (Fsp3) is 0.300. The summed E-state index contributed by atoms with van der Waals surface area (Å²) in [5.41, 5.74) is 4.95. The van der Waals surface area contributed by atoms with Crippen molar-refractivity contribution in [2.45, 2.75) is 26.2 Å². The Morgan fingerprint density at radius 3 is 2.68 bits per heavy atom. The van der Waals surface area contributed by atoms with Crippen molar-refractivity contribution in [3.05, 3.63) is 53.9 Å². The number of H-pyrrole nitrogens is 1. The van der Waals surface area contributed by atoms with E-state index in [4.69, 9.17) is 0 Å². The molecule has 128 valence electrons. The fourth-order valence-electron chi connectivity index (χ4n) is 3.42. The van der Waals surface area contributed by atoms with Crippen LogP contribution >= 0.6 is 0 Å². The summed E-state index contributed by atoms with van der Waals surface area (Å²) < 4.78 is 0. The van der Waals surface area contributed by atoms with E-state index in [1.807, 2.05) is 37.3 Å². The molecule has 2 N–H and O–H groups in total. The molecule has 0 atom stereocenters. The molecule has 25 heavy (non-hydrogen) atoms. The van der Waals surface area contributed by atoms with Crippen molar-refractivity contribution in [2.24, 2.45) is 0 Å². The van der Waals surface area contributed by atoms with Gasteiger partial charge in [0.1, 0.15) is 5.82 Å². The van der Waals surface area contributed by atoms with Gasteiger partial charge in [0.25, 0.3) is 0 Å². The Labute approximate surface area is 147 Å². The quantitative estimate of drug-likeness (QED) is 0.765. The summed E-state index contributed by atoms with van der Waals surface area (Å²) in [5.74, 6) is 0.874. The van der Waals surface area contributed by atoms with Crippen LogP contribution in [-0.4, -0.2) is 29.0 Å². The average Bonchev–Trinajstić information content (AvgIpc) is 3.23. The molecule has 2 heterocycles. The highest BCUT2D eigenvalue weighted by atomic mass is 16.1. The first kappa shape index (κ1) is 15.7. The molecule has 0 aliphatic carbocycles. The number of carbonyl (C=O) groups excluding carboxylic acids is 1. The highest BCUT2D eigenvalue weighted by Crippen LogP contribution is 2.22. The number of hydrogen-bond donors (Lipinski definition) is 2. The van der Waals surface area contributed by atoms with Gasteiger partial charge in [-0.05, 0) is 61.7 Å². The van der Waals surface area contributed by atoms with Crippen molar-refractivity contribution in [2.75, 3.05) is 23.3 Å². The van der Waals surface area contributed by atoms with E-state index in [0.29, 0.717) is 6.42 Å². The SMILES string of the molecule is Cc1nc2ccc(CC(=O)Nc3ccc(N4CCCC4)cc3)cc2[nH]1. The molecule has 1 aliphatic heterocycles.